The molecule has 3 aromatic rings. The summed E-state index contributed by atoms with van der Waals surface area (Å²) in [5.74, 6) is 0.304. The number of aryl methyl sites for hydroxylation is 3. The Bertz CT molecular complexity index is 1210. The maximum atomic E-state index is 13.5. The topological polar surface area (TPSA) is 67.2 Å². The smallest absolute Gasteiger partial charge is 0.242 e. The summed E-state index contributed by atoms with van der Waals surface area (Å²) in [4.78, 5) is 28.0. The zero-order valence-corrected chi connectivity index (χ0v) is 16.9. The molecule has 1 unspecified atom stereocenters. The highest BCUT2D eigenvalue weighted by Gasteiger charge is 2.56. The van der Waals surface area contributed by atoms with Crippen LogP contribution in [0.25, 0.3) is 5.69 Å². The standard InChI is InChI=1S/C23H22N4O2/c1-13-5-7-18(15(3)9-13)27-21-17(12-24-27)23(11-20(28)25-21)16-10-14(2)6-8-19(16)26(4)22(23)29/h5-10,12H,11H2,1-4H3,(H,25,28). The fraction of sp³-hybridized carbons (Fsp3) is 0.261. The molecule has 6 nitrogen and oxygen atoms in total. The molecule has 2 aliphatic rings. The van der Waals surface area contributed by atoms with Crippen LogP contribution in [-0.4, -0.2) is 28.6 Å². The van der Waals surface area contributed by atoms with Gasteiger partial charge in [0.2, 0.25) is 11.8 Å². The average molecular weight is 386 g/mol. The summed E-state index contributed by atoms with van der Waals surface area (Å²) in [6.07, 6.45) is 1.81. The average Bonchev–Trinajstić information content (AvgIpc) is 3.17. The van der Waals surface area contributed by atoms with Crippen LogP contribution in [0.2, 0.25) is 0 Å². The number of nitrogens with one attached hydrogen (secondary N) is 1. The van der Waals surface area contributed by atoms with Gasteiger partial charge in [-0.1, -0.05) is 35.4 Å². The van der Waals surface area contributed by atoms with Crippen molar-refractivity contribution in [1.29, 1.82) is 0 Å². The highest BCUT2D eigenvalue weighted by Crippen LogP contribution is 2.52. The lowest BCUT2D eigenvalue weighted by Crippen LogP contribution is -2.45. The molecule has 29 heavy (non-hydrogen) atoms. The van der Waals surface area contributed by atoms with E-state index < -0.39 is 5.41 Å². The highest BCUT2D eigenvalue weighted by molar-refractivity contribution is 6.15. The van der Waals surface area contributed by atoms with Crippen LogP contribution in [0.15, 0.2) is 42.6 Å². The van der Waals surface area contributed by atoms with Crippen LogP contribution >= 0.6 is 0 Å². The molecule has 0 radical (unpaired) electrons. The van der Waals surface area contributed by atoms with Crippen LogP contribution in [0.3, 0.4) is 0 Å². The van der Waals surface area contributed by atoms with E-state index in [9.17, 15) is 9.59 Å². The van der Waals surface area contributed by atoms with E-state index in [0.29, 0.717) is 5.82 Å². The maximum Gasteiger partial charge on any atom is 0.242 e. The fourth-order valence-electron chi connectivity index (χ4n) is 4.75. The number of benzene rings is 2. The molecule has 2 aromatic carbocycles. The van der Waals surface area contributed by atoms with E-state index in [2.05, 4.69) is 16.5 Å². The number of hydrogen-bond acceptors (Lipinski definition) is 3. The lowest BCUT2D eigenvalue weighted by Gasteiger charge is -2.32. The van der Waals surface area contributed by atoms with Crippen LogP contribution in [0.4, 0.5) is 11.5 Å². The maximum absolute atomic E-state index is 13.5. The van der Waals surface area contributed by atoms with E-state index in [4.69, 9.17) is 0 Å². The van der Waals surface area contributed by atoms with E-state index in [1.165, 1.54) is 0 Å². The third kappa shape index (κ3) is 2.26. The molecular weight excluding hydrogens is 364 g/mol. The minimum atomic E-state index is -1.04. The third-order valence-electron chi connectivity index (χ3n) is 6.14. The fourth-order valence-corrected chi connectivity index (χ4v) is 4.75. The Morgan fingerprint density at radius 2 is 1.66 bits per heavy atom. The van der Waals surface area contributed by atoms with Crippen molar-refractivity contribution < 1.29 is 9.59 Å². The summed E-state index contributed by atoms with van der Waals surface area (Å²) in [5.41, 5.74) is 5.59. The number of carbonyl (C=O) groups is 2. The van der Waals surface area contributed by atoms with Gasteiger partial charge in [0, 0.05) is 24.7 Å². The molecule has 1 spiro atoms. The molecule has 0 saturated carbocycles. The molecule has 0 fully saturated rings. The zero-order valence-electron chi connectivity index (χ0n) is 16.9. The lowest BCUT2D eigenvalue weighted by molar-refractivity contribution is -0.126. The molecule has 2 amide bonds. The number of amides is 2. The monoisotopic (exact) mass is 386 g/mol. The van der Waals surface area contributed by atoms with Crippen molar-refractivity contribution in [3.63, 3.8) is 0 Å². The van der Waals surface area contributed by atoms with Crippen LogP contribution < -0.4 is 10.2 Å². The summed E-state index contributed by atoms with van der Waals surface area (Å²) in [7, 11) is 1.77. The molecule has 0 aliphatic carbocycles. The molecule has 2 aliphatic heterocycles. The van der Waals surface area contributed by atoms with Gasteiger partial charge in [-0.2, -0.15) is 5.10 Å². The molecule has 1 N–H and O–H groups in total. The van der Waals surface area contributed by atoms with Crippen LogP contribution in [0, 0.1) is 20.8 Å². The summed E-state index contributed by atoms with van der Waals surface area (Å²) in [6.45, 7) is 6.06. The number of anilines is 2. The second-order valence-corrected chi connectivity index (χ2v) is 8.12. The summed E-state index contributed by atoms with van der Waals surface area (Å²) >= 11 is 0. The van der Waals surface area contributed by atoms with Gasteiger partial charge in [-0.15, -0.1) is 0 Å². The van der Waals surface area contributed by atoms with E-state index in [1.807, 2.05) is 51.1 Å². The van der Waals surface area contributed by atoms with Gasteiger partial charge in [-0.05, 0) is 44.0 Å². The minimum Gasteiger partial charge on any atom is -0.314 e. The first kappa shape index (κ1) is 17.7. The highest BCUT2D eigenvalue weighted by atomic mass is 16.2. The Balaban J connectivity index is 1.79. The van der Waals surface area contributed by atoms with E-state index in [1.54, 1.807) is 22.8 Å². The molecule has 5 rings (SSSR count). The van der Waals surface area contributed by atoms with Crippen LogP contribution in [-0.2, 0) is 15.0 Å². The number of rotatable bonds is 1. The van der Waals surface area contributed by atoms with Gasteiger partial charge >= 0.3 is 0 Å². The number of fused-ring (bicyclic) bond motifs is 4. The van der Waals surface area contributed by atoms with Gasteiger partial charge in [0.05, 0.1) is 11.9 Å². The van der Waals surface area contributed by atoms with Crippen molar-refractivity contribution in [3.8, 4) is 5.69 Å². The van der Waals surface area contributed by atoms with Crippen molar-refractivity contribution in [2.75, 3.05) is 17.3 Å². The Hall–Kier alpha value is -3.41. The van der Waals surface area contributed by atoms with Crippen molar-refractivity contribution in [2.45, 2.75) is 32.6 Å². The number of nitrogens with zero attached hydrogens (tertiary/aromatic N) is 3. The second kappa shape index (κ2) is 5.80. The van der Waals surface area contributed by atoms with Gasteiger partial charge in [0.15, 0.2) is 0 Å². The number of carbonyl (C=O) groups excluding carboxylic acids is 2. The normalized spacial score (nSPS) is 20.1. The number of likely N-dealkylation sites (N-methyl/N-ethyl adjacent to an activating group) is 1. The molecule has 6 heteroatoms. The Morgan fingerprint density at radius 3 is 2.38 bits per heavy atom. The first-order valence-electron chi connectivity index (χ1n) is 9.68. The zero-order chi connectivity index (χ0) is 20.5. The molecule has 0 bridgehead atoms. The molecule has 3 heterocycles. The first-order chi connectivity index (χ1) is 13.8. The first-order valence-corrected chi connectivity index (χ1v) is 9.68. The largest absolute Gasteiger partial charge is 0.314 e. The quantitative estimate of drug-likeness (QED) is 0.697. The van der Waals surface area contributed by atoms with Crippen molar-refractivity contribution in [1.82, 2.24) is 9.78 Å². The lowest BCUT2D eigenvalue weighted by atomic mass is 9.71. The van der Waals surface area contributed by atoms with Crippen molar-refractivity contribution in [3.05, 3.63) is 70.4 Å². The van der Waals surface area contributed by atoms with Gasteiger partial charge < -0.3 is 10.2 Å². The molecule has 146 valence electrons. The Labute approximate surface area is 169 Å². The van der Waals surface area contributed by atoms with Crippen molar-refractivity contribution >= 4 is 23.3 Å². The molecule has 1 atom stereocenters. The van der Waals surface area contributed by atoms with Gasteiger partial charge in [-0.25, -0.2) is 4.68 Å². The minimum absolute atomic E-state index is 0.0815. The molecule has 1 aromatic heterocycles. The number of aromatic nitrogens is 2. The number of hydrogen-bond donors (Lipinski definition) is 1. The Morgan fingerprint density at radius 1 is 0.966 bits per heavy atom. The summed E-state index contributed by atoms with van der Waals surface area (Å²) < 4.78 is 1.74. The molecule has 0 saturated heterocycles. The van der Waals surface area contributed by atoms with Crippen molar-refractivity contribution in [2.24, 2.45) is 0 Å². The SMILES string of the molecule is Cc1ccc(-n2ncc3c2NC(=O)CC32C(=O)N(C)c3ccc(C)cc32)c(C)c1. The van der Waals surface area contributed by atoms with Gasteiger partial charge in [-0.3, -0.25) is 9.59 Å². The van der Waals surface area contributed by atoms with Crippen LogP contribution in [0.5, 0.6) is 0 Å². The molecular formula is C23H22N4O2. The summed E-state index contributed by atoms with van der Waals surface area (Å²) in [6, 6.07) is 12.1. The van der Waals surface area contributed by atoms with Gasteiger partial charge in [0.25, 0.3) is 0 Å². The Kier molecular flexibility index (Phi) is 3.53. The van der Waals surface area contributed by atoms with E-state index in [-0.39, 0.29) is 18.2 Å². The van der Waals surface area contributed by atoms with Gasteiger partial charge in [0.1, 0.15) is 11.2 Å². The summed E-state index contributed by atoms with van der Waals surface area (Å²) in [5, 5.41) is 7.57. The van der Waals surface area contributed by atoms with Crippen LogP contribution in [0.1, 0.15) is 34.2 Å². The predicted octanol–water partition coefficient (Wildman–Crippen LogP) is 3.40. The second-order valence-electron chi connectivity index (χ2n) is 8.12. The van der Waals surface area contributed by atoms with E-state index >= 15 is 0 Å². The predicted molar refractivity (Wildman–Crippen MR) is 112 cm³/mol. The van der Waals surface area contributed by atoms with E-state index in [0.717, 1.165) is 39.2 Å². The third-order valence-corrected chi connectivity index (χ3v) is 6.14.